The Hall–Kier alpha value is -0.260. The Morgan fingerprint density at radius 1 is 1.07 bits per heavy atom. The summed E-state index contributed by atoms with van der Waals surface area (Å²) in [6.07, 6.45) is 8.75. The van der Waals surface area contributed by atoms with Crippen molar-refractivity contribution in [1.82, 2.24) is 0 Å². The van der Waals surface area contributed by atoms with Crippen LogP contribution in [0.25, 0.3) is 0 Å². The van der Waals surface area contributed by atoms with Gasteiger partial charge in [-0.05, 0) is 98.2 Å². The molecule has 9 unspecified atom stereocenters. The molecule has 4 rings (SSSR count). The van der Waals surface area contributed by atoms with Gasteiger partial charge in [-0.1, -0.05) is 13.8 Å². The summed E-state index contributed by atoms with van der Waals surface area (Å²) in [5.41, 5.74) is 0.289. The lowest BCUT2D eigenvalue weighted by molar-refractivity contribution is -0.186. The molecular weight excluding hydrogens is 374 g/mol. The molecule has 3 nitrogen and oxygen atoms in total. The average molecular weight is 415 g/mol. The molecule has 4 aliphatic carbocycles. The Morgan fingerprint density at radius 3 is 2.52 bits per heavy atom. The number of hydrogen-bond donors (Lipinski definition) is 2. The van der Waals surface area contributed by atoms with Crippen LogP contribution < -0.4 is 0 Å². The van der Waals surface area contributed by atoms with Gasteiger partial charge in [0, 0.05) is 13.5 Å². The van der Waals surface area contributed by atoms with Crippen LogP contribution in [0.15, 0.2) is 0 Å². The molecule has 5 heteroatoms. The molecule has 168 valence electrons. The molecule has 0 heterocycles. The highest BCUT2D eigenvalue weighted by Crippen LogP contribution is 2.68. The van der Waals surface area contributed by atoms with Crippen molar-refractivity contribution in [1.29, 1.82) is 0 Å². The van der Waals surface area contributed by atoms with Crippen LogP contribution in [-0.2, 0) is 4.74 Å². The normalized spacial score (nSPS) is 50.0. The summed E-state index contributed by atoms with van der Waals surface area (Å²) in [6.45, 7) is 3.74. The molecule has 0 saturated heterocycles. The van der Waals surface area contributed by atoms with E-state index in [1.165, 1.54) is 12.8 Å². The van der Waals surface area contributed by atoms with Crippen LogP contribution in [0.5, 0.6) is 0 Å². The molecule has 0 aromatic rings. The molecule has 4 aliphatic rings. The van der Waals surface area contributed by atoms with Gasteiger partial charge in [-0.2, -0.15) is 0 Å². The predicted molar refractivity (Wildman–Crippen MR) is 109 cm³/mol. The zero-order valence-corrected chi connectivity index (χ0v) is 18.4. The molecular formula is C24H40F2O3. The first-order valence-electron chi connectivity index (χ1n) is 11.8. The van der Waals surface area contributed by atoms with Crippen molar-refractivity contribution in [2.45, 2.75) is 96.2 Å². The lowest BCUT2D eigenvalue weighted by Crippen LogP contribution is -2.59. The molecule has 29 heavy (non-hydrogen) atoms. The number of fused-ring (bicyclic) bond motifs is 5. The van der Waals surface area contributed by atoms with Gasteiger partial charge in [0.15, 0.2) is 0 Å². The molecule has 9 atom stereocenters. The van der Waals surface area contributed by atoms with Crippen LogP contribution in [-0.4, -0.2) is 42.1 Å². The third-order valence-corrected chi connectivity index (χ3v) is 10.1. The van der Waals surface area contributed by atoms with Gasteiger partial charge in [0.2, 0.25) is 0 Å². The molecule has 0 amide bonds. The molecule has 4 saturated carbocycles. The second kappa shape index (κ2) is 7.70. The van der Waals surface area contributed by atoms with Crippen LogP contribution in [0.3, 0.4) is 0 Å². The van der Waals surface area contributed by atoms with Crippen LogP contribution in [0.2, 0.25) is 0 Å². The van der Waals surface area contributed by atoms with E-state index in [2.05, 4.69) is 13.8 Å². The van der Waals surface area contributed by atoms with Gasteiger partial charge >= 0.3 is 0 Å². The van der Waals surface area contributed by atoms with Crippen molar-refractivity contribution in [3.05, 3.63) is 0 Å². The van der Waals surface area contributed by atoms with Crippen molar-refractivity contribution in [2.24, 2.45) is 40.4 Å². The van der Waals surface area contributed by atoms with Crippen molar-refractivity contribution in [3.63, 3.8) is 0 Å². The highest BCUT2D eigenvalue weighted by atomic mass is 19.3. The Kier molecular flexibility index (Phi) is 5.83. The zero-order valence-electron chi connectivity index (χ0n) is 18.4. The van der Waals surface area contributed by atoms with Crippen LogP contribution in [0.4, 0.5) is 8.78 Å². The Morgan fingerprint density at radius 2 is 1.83 bits per heavy atom. The maximum atomic E-state index is 13.7. The third kappa shape index (κ3) is 3.57. The molecule has 0 aromatic heterocycles. The average Bonchev–Trinajstić information content (AvgIpc) is 3.02. The Labute approximate surface area is 174 Å². The number of methoxy groups -OCH3 is 1. The topological polar surface area (TPSA) is 49.7 Å². The number of alkyl halides is 2. The SMILES string of the molecule is COC1CC2(C)C(CCC(F)(F)CO)CCC2C2CCC3CC(O)CCC3(C)C12. The van der Waals surface area contributed by atoms with E-state index in [1.807, 2.05) is 7.11 Å². The van der Waals surface area contributed by atoms with E-state index in [0.717, 1.165) is 38.5 Å². The molecule has 0 aliphatic heterocycles. The summed E-state index contributed by atoms with van der Waals surface area (Å²) in [5.74, 6) is -0.359. The van der Waals surface area contributed by atoms with Crippen molar-refractivity contribution < 1.29 is 23.7 Å². The molecule has 2 N–H and O–H groups in total. The first-order chi connectivity index (χ1) is 13.6. The Balaban J connectivity index is 1.57. The summed E-state index contributed by atoms with van der Waals surface area (Å²) in [6, 6.07) is 0. The quantitative estimate of drug-likeness (QED) is 0.663. The molecule has 0 spiro atoms. The minimum absolute atomic E-state index is 0.0603. The first-order valence-corrected chi connectivity index (χ1v) is 11.8. The summed E-state index contributed by atoms with van der Waals surface area (Å²) >= 11 is 0. The van der Waals surface area contributed by atoms with E-state index in [-0.39, 0.29) is 29.5 Å². The van der Waals surface area contributed by atoms with E-state index in [4.69, 9.17) is 9.84 Å². The molecule has 0 aromatic carbocycles. The summed E-state index contributed by atoms with van der Waals surface area (Å²) < 4.78 is 33.6. The minimum atomic E-state index is -2.96. The van der Waals surface area contributed by atoms with Gasteiger partial charge in [-0.15, -0.1) is 0 Å². The van der Waals surface area contributed by atoms with E-state index in [1.54, 1.807) is 0 Å². The summed E-state index contributed by atoms with van der Waals surface area (Å²) in [7, 11) is 1.83. The highest BCUT2D eigenvalue weighted by Gasteiger charge is 2.63. The second-order valence-electron chi connectivity index (χ2n) is 11.3. The van der Waals surface area contributed by atoms with Gasteiger partial charge in [-0.3, -0.25) is 0 Å². The van der Waals surface area contributed by atoms with Gasteiger partial charge < -0.3 is 14.9 Å². The number of hydrogen-bond acceptors (Lipinski definition) is 3. The fourth-order valence-electron chi connectivity index (χ4n) is 8.59. The van der Waals surface area contributed by atoms with E-state index < -0.39 is 12.5 Å². The van der Waals surface area contributed by atoms with Gasteiger partial charge in [-0.25, -0.2) is 8.78 Å². The van der Waals surface area contributed by atoms with Gasteiger partial charge in [0.25, 0.3) is 5.92 Å². The van der Waals surface area contributed by atoms with Gasteiger partial charge in [0.1, 0.15) is 6.61 Å². The third-order valence-electron chi connectivity index (χ3n) is 10.1. The lowest BCUT2D eigenvalue weighted by atomic mass is 9.43. The van der Waals surface area contributed by atoms with Crippen molar-refractivity contribution in [2.75, 3.05) is 13.7 Å². The number of rotatable bonds is 5. The van der Waals surface area contributed by atoms with Crippen LogP contribution in [0, 0.1) is 40.4 Å². The fourth-order valence-corrected chi connectivity index (χ4v) is 8.59. The smallest absolute Gasteiger partial charge is 0.270 e. The fraction of sp³-hybridized carbons (Fsp3) is 1.00. The van der Waals surface area contributed by atoms with Gasteiger partial charge in [0.05, 0.1) is 12.2 Å². The Bertz CT molecular complexity index is 599. The van der Waals surface area contributed by atoms with E-state index in [0.29, 0.717) is 36.0 Å². The predicted octanol–water partition coefficient (Wildman–Crippen LogP) is 5.04. The molecule has 4 fully saturated rings. The monoisotopic (exact) mass is 414 g/mol. The number of aliphatic hydroxyl groups is 2. The molecule has 0 radical (unpaired) electrons. The number of aliphatic hydroxyl groups excluding tert-OH is 2. The summed E-state index contributed by atoms with van der Waals surface area (Å²) in [4.78, 5) is 0. The second-order valence-corrected chi connectivity index (χ2v) is 11.3. The highest BCUT2D eigenvalue weighted by molar-refractivity contribution is 5.12. The van der Waals surface area contributed by atoms with Crippen LogP contribution in [0.1, 0.15) is 78.1 Å². The minimum Gasteiger partial charge on any atom is -0.393 e. The zero-order chi connectivity index (χ0) is 21.0. The maximum Gasteiger partial charge on any atom is 0.270 e. The van der Waals surface area contributed by atoms with E-state index in [9.17, 15) is 13.9 Å². The van der Waals surface area contributed by atoms with Crippen molar-refractivity contribution >= 4 is 0 Å². The standard InChI is InChI=1S/C24H40F2O3/c1-22-10-9-17(28)12-16(22)4-6-18-19-7-5-15(8-11-24(25,26)14-27)23(19,2)13-20(29-3)21(18)22/h15-21,27-28H,4-14H2,1-3H3. The van der Waals surface area contributed by atoms with Crippen LogP contribution >= 0.6 is 0 Å². The van der Waals surface area contributed by atoms with Crippen molar-refractivity contribution in [3.8, 4) is 0 Å². The number of halogens is 2. The maximum absolute atomic E-state index is 13.7. The molecule has 0 bridgehead atoms. The summed E-state index contributed by atoms with van der Waals surface area (Å²) in [5, 5.41) is 19.2. The first kappa shape index (κ1) is 22.0. The lowest BCUT2D eigenvalue weighted by Gasteiger charge is -2.63. The number of ether oxygens (including phenoxy) is 1. The largest absolute Gasteiger partial charge is 0.393 e. The van der Waals surface area contributed by atoms with E-state index >= 15 is 0 Å².